The van der Waals surface area contributed by atoms with Crippen LogP contribution in [0.2, 0.25) is 0 Å². The van der Waals surface area contributed by atoms with Crippen molar-refractivity contribution in [1.82, 2.24) is 14.7 Å². The average Bonchev–Trinajstić information content (AvgIpc) is 3.68. The normalized spacial score (nSPS) is 47.1. The summed E-state index contributed by atoms with van der Waals surface area (Å²) in [5, 5.41) is 12.5. The molecule has 8 aliphatic rings. The van der Waals surface area contributed by atoms with E-state index in [4.69, 9.17) is 19.9 Å². The van der Waals surface area contributed by atoms with Crippen molar-refractivity contribution in [2.24, 2.45) is 57.0 Å². The molecule has 3 saturated heterocycles. The minimum atomic E-state index is -0.790. The van der Waals surface area contributed by atoms with Crippen LogP contribution < -0.4 is 5.73 Å². The number of likely N-dealkylation sites (tertiary alicyclic amines) is 1. The van der Waals surface area contributed by atoms with Gasteiger partial charge in [-0.2, -0.15) is 0 Å². The van der Waals surface area contributed by atoms with Crippen molar-refractivity contribution in [3.63, 3.8) is 0 Å². The Labute approximate surface area is 304 Å². The zero-order valence-electron chi connectivity index (χ0n) is 32.2. The molecule has 5 saturated carbocycles. The third kappa shape index (κ3) is 4.87. The topological polar surface area (TPSA) is 135 Å². The Balaban J connectivity index is 0.996. The van der Waals surface area contributed by atoms with Gasteiger partial charge < -0.3 is 39.8 Å². The number of ether oxygens (including phenoxy) is 3. The lowest BCUT2D eigenvalue weighted by molar-refractivity contribution is -0.180. The molecule has 3 aliphatic heterocycles. The molecule has 0 radical (unpaired) electrons. The largest absolute Gasteiger partial charge is 0.446 e. The number of aliphatic hydroxyl groups excluding tert-OH is 1. The molecular formula is C40H64N4O7. The van der Waals surface area contributed by atoms with E-state index in [2.05, 4.69) is 41.5 Å². The van der Waals surface area contributed by atoms with Crippen molar-refractivity contribution in [1.29, 1.82) is 0 Å². The van der Waals surface area contributed by atoms with Gasteiger partial charge >= 0.3 is 12.2 Å². The molecule has 5 aliphatic carbocycles. The van der Waals surface area contributed by atoms with E-state index in [-0.39, 0.29) is 87.8 Å². The Bertz CT molecular complexity index is 1430. The van der Waals surface area contributed by atoms with Crippen LogP contribution in [0.15, 0.2) is 0 Å². The van der Waals surface area contributed by atoms with Gasteiger partial charge in [-0.15, -0.1) is 0 Å². The lowest BCUT2D eigenvalue weighted by Gasteiger charge is -2.63. The molecular weight excluding hydrogens is 648 g/mol. The SMILES string of the molecule is CC(=O)N1CCN(C(=O)OC2CCC34CC35CCC3(C)[C@@H]6C(O[C@H](C(OC(=O)N7CCC7)C(C)C)C[C@H]6C)[C@H](O)[C@@]3(N)C5CC[C@H]4C2(C)C)CC1. The van der Waals surface area contributed by atoms with Crippen LogP contribution in [0.5, 0.6) is 0 Å². The summed E-state index contributed by atoms with van der Waals surface area (Å²) in [5.74, 6) is 1.17. The number of rotatable bonds is 4. The average molecular weight is 713 g/mol. The van der Waals surface area contributed by atoms with E-state index in [1.54, 1.807) is 21.6 Å². The smallest absolute Gasteiger partial charge is 0.410 e. The first-order valence-corrected chi connectivity index (χ1v) is 20.3. The fourth-order valence-electron chi connectivity index (χ4n) is 14.1. The highest BCUT2D eigenvalue weighted by atomic mass is 16.6. The highest BCUT2D eigenvalue weighted by molar-refractivity contribution is 5.74. The molecule has 286 valence electrons. The minimum absolute atomic E-state index is 0.0492. The van der Waals surface area contributed by atoms with Crippen molar-refractivity contribution in [3.8, 4) is 0 Å². The van der Waals surface area contributed by atoms with E-state index in [0.29, 0.717) is 32.1 Å². The number of nitrogens with zero attached hydrogens (tertiary/aromatic N) is 3. The molecule has 8 fully saturated rings. The maximum Gasteiger partial charge on any atom is 0.410 e. The van der Waals surface area contributed by atoms with Crippen LogP contribution in [0.3, 0.4) is 0 Å². The lowest BCUT2D eigenvalue weighted by Crippen LogP contribution is -2.70. The van der Waals surface area contributed by atoms with Crippen LogP contribution >= 0.6 is 0 Å². The van der Waals surface area contributed by atoms with Gasteiger partial charge in [0.2, 0.25) is 5.91 Å². The van der Waals surface area contributed by atoms with Crippen LogP contribution in [-0.4, -0.2) is 113 Å². The van der Waals surface area contributed by atoms with E-state index < -0.39 is 11.6 Å². The van der Waals surface area contributed by atoms with Crippen LogP contribution in [-0.2, 0) is 19.0 Å². The van der Waals surface area contributed by atoms with Crippen molar-refractivity contribution in [2.45, 2.75) is 142 Å². The lowest BCUT2D eigenvalue weighted by atomic mass is 9.43. The third-order valence-electron chi connectivity index (χ3n) is 16.9. The summed E-state index contributed by atoms with van der Waals surface area (Å²) in [6.45, 7) is 18.7. The van der Waals surface area contributed by atoms with Gasteiger partial charge in [0.1, 0.15) is 12.2 Å². The molecule has 11 heteroatoms. The number of fused-ring (bicyclic) bond motifs is 4. The molecule has 11 nitrogen and oxygen atoms in total. The predicted octanol–water partition coefficient (Wildman–Crippen LogP) is 5.03. The second kappa shape index (κ2) is 11.9. The second-order valence-corrected chi connectivity index (χ2v) is 19.5. The van der Waals surface area contributed by atoms with Crippen molar-refractivity contribution in [2.75, 3.05) is 39.3 Å². The summed E-state index contributed by atoms with van der Waals surface area (Å²) >= 11 is 0. The minimum Gasteiger partial charge on any atom is -0.446 e. The number of piperazine rings is 1. The quantitative estimate of drug-likeness (QED) is 0.415. The van der Waals surface area contributed by atoms with Crippen LogP contribution in [0.4, 0.5) is 9.59 Å². The van der Waals surface area contributed by atoms with Gasteiger partial charge in [0.25, 0.3) is 0 Å². The number of nitrogens with two attached hydrogens (primary N) is 1. The summed E-state index contributed by atoms with van der Waals surface area (Å²) in [4.78, 5) is 43.5. The molecule has 0 aromatic rings. The Morgan fingerprint density at radius 2 is 1.49 bits per heavy atom. The number of hydrogen-bond donors (Lipinski definition) is 2. The Morgan fingerprint density at radius 1 is 0.863 bits per heavy atom. The van der Waals surface area contributed by atoms with Gasteiger partial charge in [-0.3, -0.25) is 4.79 Å². The third-order valence-corrected chi connectivity index (χ3v) is 16.9. The van der Waals surface area contributed by atoms with E-state index in [1.807, 2.05) is 0 Å². The number of carbonyl (C=O) groups is 3. The van der Waals surface area contributed by atoms with Gasteiger partial charge in [-0.1, -0.05) is 41.5 Å². The standard InChI is InChI=1S/C40H64N4O7/c1-23(2)31(51-35(48)43-15-8-16-43)26-21-24(3)30-32(49-26)33(46)40(41)28-10-9-27-36(5,6)29(50-34(47)44-19-17-42(18-20-44)25(4)45)11-12-38(27)22-39(28,38)14-13-37(30,40)7/h23-24,26-33,46H,8-22,41H2,1-7H3/t24-,26+,27+,28?,29?,30+,31?,32?,33+,37?,38?,39?,40+/m1/s1. The van der Waals surface area contributed by atoms with Crippen molar-refractivity contribution in [3.05, 3.63) is 0 Å². The summed E-state index contributed by atoms with van der Waals surface area (Å²) in [7, 11) is 0. The zero-order valence-corrected chi connectivity index (χ0v) is 32.2. The number of aliphatic hydroxyl groups is 1. The first-order chi connectivity index (χ1) is 24.0. The number of amides is 3. The second-order valence-electron chi connectivity index (χ2n) is 19.5. The van der Waals surface area contributed by atoms with Gasteiger partial charge in [0, 0.05) is 51.6 Å². The molecule has 8 rings (SSSR count). The maximum absolute atomic E-state index is 13.4. The molecule has 3 heterocycles. The summed E-state index contributed by atoms with van der Waals surface area (Å²) < 4.78 is 19.4. The van der Waals surface area contributed by atoms with E-state index in [0.717, 1.165) is 70.9 Å². The molecule has 13 atom stereocenters. The summed E-state index contributed by atoms with van der Waals surface area (Å²) in [6, 6.07) is 0. The van der Waals surface area contributed by atoms with Gasteiger partial charge in [-0.05, 0) is 104 Å². The fourth-order valence-corrected chi connectivity index (χ4v) is 14.1. The summed E-state index contributed by atoms with van der Waals surface area (Å²) in [5.41, 5.74) is 6.86. The van der Waals surface area contributed by atoms with Gasteiger partial charge in [0.05, 0.1) is 23.9 Å². The first-order valence-electron chi connectivity index (χ1n) is 20.3. The van der Waals surface area contributed by atoms with Gasteiger partial charge in [0.15, 0.2) is 0 Å². The molecule has 7 unspecified atom stereocenters. The molecule has 0 bridgehead atoms. The Kier molecular flexibility index (Phi) is 8.41. The predicted molar refractivity (Wildman–Crippen MR) is 190 cm³/mol. The van der Waals surface area contributed by atoms with Crippen LogP contribution in [0.25, 0.3) is 0 Å². The zero-order chi connectivity index (χ0) is 36.5. The monoisotopic (exact) mass is 712 g/mol. The fraction of sp³-hybridized carbons (Fsp3) is 0.925. The van der Waals surface area contributed by atoms with Gasteiger partial charge in [-0.25, -0.2) is 9.59 Å². The van der Waals surface area contributed by atoms with E-state index in [9.17, 15) is 19.5 Å². The van der Waals surface area contributed by atoms with E-state index >= 15 is 0 Å². The Hall–Kier alpha value is -2.11. The molecule has 3 N–H and O–H groups in total. The molecule has 2 spiro atoms. The summed E-state index contributed by atoms with van der Waals surface area (Å²) in [6.07, 6.45) is 6.42. The van der Waals surface area contributed by atoms with Crippen molar-refractivity contribution < 1.29 is 33.7 Å². The van der Waals surface area contributed by atoms with Crippen molar-refractivity contribution >= 4 is 18.1 Å². The number of carbonyl (C=O) groups excluding carboxylic acids is 3. The Morgan fingerprint density at radius 3 is 2.12 bits per heavy atom. The maximum atomic E-state index is 13.4. The van der Waals surface area contributed by atoms with E-state index in [1.165, 1.54) is 0 Å². The van der Waals surface area contributed by atoms with Crippen LogP contribution in [0.1, 0.15) is 106 Å². The molecule has 0 aromatic carbocycles. The molecule has 3 amide bonds. The number of hydrogen-bond acceptors (Lipinski definition) is 8. The highest BCUT2D eigenvalue weighted by Crippen LogP contribution is 2.87. The molecule has 51 heavy (non-hydrogen) atoms. The molecule has 0 aromatic heterocycles. The van der Waals surface area contributed by atoms with Crippen LogP contribution in [0, 0.1) is 51.2 Å². The first kappa shape index (κ1) is 35.9. The highest BCUT2D eigenvalue weighted by Gasteiger charge is 2.85.